The van der Waals surface area contributed by atoms with Crippen LogP contribution in [-0.2, 0) is 12.7 Å². The van der Waals surface area contributed by atoms with Crippen molar-refractivity contribution in [2.24, 2.45) is 0 Å². The van der Waals surface area contributed by atoms with Crippen LogP contribution in [0.1, 0.15) is 43.4 Å². The number of nitrogens with zero attached hydrogens (tertiary/aromatic N) is 2. The van der Waals surface area contributed by atoms with E-state index in [-0.39, 0.29) is 49.5 Å². The highest BCUT2D eigenvalue weighted by Crippen LogP contribution is 2.44. The summed E-state index contributed by atoms with van der Waals surface area (Å²) in [6.45, 7) is -0.949. The largest absolute Gasteiger partial charge is 0.416 e. The lowest BCUT2D eigenvalue weighted by Gasteiger charge is -2.19. The normalized spacial score (nSPS) is 15.1. The fourth-order valence-corrected chi connectivity index (χ4v) is 5.05. The van der Waals surface area contributed by atoms with Crippen molar-refractivity contribution in [2.75, 3.05) is 5.32 Å². The fourth-order valence-electron chi connectivity index (χ4n) is 4.54. The summed E-state index contributed by atoms with van der Waals surface area (Å²) in [6.07, 6.45) is -7.86. The minimum absolute atomic E-state index is 0.0105. The van der Waals surface area contributed by atoms with Gasteiger partial charge in [0.2, 0.25) is 0 Å². The minimum atomic E-state index is -4.97. The van der Waals surface area contributed by atoms with Gasteiger partial charge in [0, 0.05) is 27.4 Å². The molecular formula is C25H13Cl2F7N4O2. The molecular weight excluding hydrogens is 592 g/mol. The van der Waals surface area contributed by atoms with Crippen LogP contribution in [0.4, 0.5) is 36.4 Å². The molecule has 0 saturated heterocycles. The average molecular weight is 605 g/mol. The number of rotatable bonds is 5. The number of fused-ring (bicyclic) bond motifs is 3. The van der Waals surface area contributed by atoms with Crippen molar-refractivity contribution in [3.05, 3.63) is 92.1 Å². The number of amides is 2. The first-order chi connectivity index (χ1) is 18.7. The second-order valence-electron chi connectivity index (χ2n) is 8.72. The fraction of sp³-hybridized carbons (Fsp3) is 0.160. The molecule has 3 aromatic carbocycles. The van der Waals surface area contributed by atoms with Crippen LogP contribution in [0, 0.1) is 11.6 Å². The molecule has 40 heavy (non-hydrogen) atoms. The van der Waals surface area contributed by atoms with Gasteiger partial charge in [-0.25, -0.2) is 17.6 Å². The number of halogens is 9. The zero-order valence-corrected chi connectivity index (χ0v) is 21.0. The van der Waals surface area contributed by atoms with E-state index in [0.29, 0.717) is 12.1 Å². The van der Waals surface area contributed by atoms with Gasteiger partial charge in [-0.15, -0.1) is 0 Å². The average Bonchev–Trinajstić information content (AvgIpc) is 3.35. The second-order valence-corrected chi connectivity index (χ2v) is 9.49. The van der Waals surface area contributed by atoms with Gasteiger partial charge < -0.3 is 10.6 Å². The molecule has 5 rings (SSSR count). The monoisotopic (exact) mass is 604 g/mol. The van der Waals surface area contributed by atoms with E-state index in [2.05, 4.69) is 15.7 Å². The number of carbonyl (C=O) groups is 2. The van der Waals surface area contributed by atoms with Gasteiger partial charge in [-0.2, -0.15) is 18.3 Å². The molecule has 15 heteroatoms. The highest BCUT2D eigenvalue weighted by Gasteiger charge is 2.38. The quantitative estimate of drug-likeness (QED) is 0.241. The summed E-state index contributed by atoms with van der Waals surface area (Å²) in [4.78, 5) is 26.3. The van der Waals surface area contributed by atoms with Crippen LogP contribution in [0.5, 0.6) is 0 Å². The van der Waals surface area contributed by atoms with Crippen molar-refractivity contribution in [2.45, 2.75) is 25.2 Å². The first-order valence-corrected chi connectivity index (χ1v) is 12.0. The number of carbonyl (C=O) groups excluding carboxylic acids is 2. The van der Waals surface area contributed by atoms with E-state index >= 15 is 0 Å². The Morgan fingerprint density at radius 2 is 1.80 bits per heavy atom. The van der Waals surface area contributed by atoms with E-state index in [1.165, 1.54) is 6.07 Å². The lowest BCUT2D eigenvalue weighted by atomic mass is 9.94. The van der Waals surface area contributed by atoms with Crippen molar-refractivity contribution in [1.29, 1.82) is 0 Å². The Bertz CT molecular complexity index is 1710. The summed E-state index contributed by atoms with van der Waals surface area (Å²) >= 11 is 12.5. The molecule has 4 aromatic rings. The Morgan fingerprint density at radius 1 is 1.07 bits per heavy atom. The molecule has 1 atom stereocenters. The number of aromatic nitrogens is 2. The second kappa shape index (κ2) is 9.97. The Kier molecular flexibility index (Phi) is 6.91. The molecule has 0 spiro atoms. The lowest BCUT2D eigenvalue weighted by molar-refractivity contribution is -0.137. The zero-order valence-electron chi connectivity index (χ0n) is 19.5. The van der Waals surface area contributed by atoms with Crippen molar-refractivity contribution >= 4 is 51.6 Å². The van der Waals surface area contributed by atoms with Gasteiger partial charge in [-0.3, -0.25) is 14.3 Å². The summed E-state index contributed by atoms with van der Waals surface area (Å²) in [6, 6.07) is 4.40. The summed E-state index contributed by atoms with van der Waals surface area (Å²) in [7, 11) is 0. The number of hydrogen-bond donors (Lipinski definition) is 2. The SMILES string of the molecule is O=C(Nc1cc2c(c(Cl)nn2CC(F)F)c2c1C(c1cc(F)ccc1Cl)NC2=O)c1cc(F)cc(C(F)(F)F)c1. The van der Waals surface area contributed by atoms with Crippen LogP contribution in [0.2, 0.25) is 10.2 Å². The first kappa shape index (κ1) is 27.7. The maximum Gasteiger partial charge on any atom is 0.416 e. The van der Waals surface area contributed by atoms with E-state index in [0.717, 1.165) is 22.9 Å². The van der Waals surface area contributed by atoms with Gasteiger partial charge in [0.15, 0.2) is 5.15 Å². The molecule has 1 aromatic heterocycles. The van der Waals surface area contributed by atoms with Gasteiger partial charge in [0.1, 0.15) is 18.2 Å². The highest BCUT2D eigenvalue weighted by molar-refractivity contribution is 6.36. The minimum Gasteiger partial charge on any atom is -0.341 e. The van der Waals surface area contributed by atoms with Crippen molar-refractivity contribution in [3.8, 4) is 0 Å². The molecule has 2 amide bonds. The topological polar surface area (TPSA) is 76.0 Å². The third-order valence-electron chi connectivity index (χ3n) is 6.15. The number of anilines is 1. The van der Waals surface area contributed by atoms with Crippen molar-refractivity contribution < 1.29 is 40.3 Å². The van der Waals surface area contributed by atoms with E-state index in [9.17, 15) is 40.3 Å². The molecule has 1 aliphatic heterocycles. The number of nitrogens with one attached hydrogen (secondary N) is 2. The molecule has 0 bridgehead atoms. The lowest BCUT2D eigenvalue weighted by Crippen LogP contribution is -2.21. The van der Waals surface area contributed by atoms with E-state index < -0.39 is 59.8 Å². The maximum absolute atomic E-state index is 14.1. The molecule has 2 N–H and O–H groups in total. The van der Waals surface area contributed by atoms with Crippen molar-refractivity contribution in [1.82, 2.24) is 15.1 Å². The van der Waals surface area contributed by atoms with Crippen molar-refractivity contribution in [3.63, 3.8) is 0 Å². The first-order valence-electron chi connectivity index (χ1n) is 11.2. The molecule has 0 radical (unpaired) electrons. The Balaban J connectivity index is 1.73. The van der Waals surface area contributed by atoms with E-state index in [1.807, 2.05) is 0 Å². The predicted octanol–water partition coefficient (Wildman–Crippen LogP) is 6.99. The number of benzene rings is 3. The molecule has 1 aliphatic rings. The Morgan fingerprint density at radius 3 is 2.48 bits per heavy atom. The van der Waals surface area contributed by atoms with Gasteiger partial charge in [0.25, 0.3) is 18.2 Å². The standard InChI is InChI=1S/C25H13Cl2F7N4O2/c26-14-2-1-11(28)6-13(14)21-18-15(35-23(39)9-3-10(25(32,33)34)5-12(29)4-9)7-16-19(20(18)24(40)36-21)22(27)37-38(16)8-17(30)31/h1-7,17,21H,8H2,(H,35,39)(H,36,40). The highest BCUT2D eigenvalue weighted by atomic mass is 35.5. The van der Waals surface area contributed by atoms with Gasteiger partial charge >= 0.3 is 6.18 Å². The van der Waals surface area contributed by atoms with Crippen LogP contribution in [0.15, 0.2) is 42.5 Å². The van der Waals surface area contributed by atoms with Crippen LogP contribution in [0.3, 0.4) is 0 Å². The van der Waals surface area contributed by atoms with Gasteiger partial charge in [-0.1, -0.05) is 23.2 Å². The molecule has 208 valence electrons. The van der Waals surface area contributed by atoms with Crippen LogP contribution >= 0.6 is 23.2 Å². The summed E-state index contributed by atoms with van der Waals surface area (Å²) < 4.78 is 95.1. The number of hydrogen-bond acceptors (Lipinski definition) is 3. The summed E-state index contributed by atoms with van der Waals surface area (Å²) in [5, 5.41) is 8.37. The molecule has 0 saturated carbocycles. The van der Waals surface area contributed by atoms with Gasteiger partial charge in [0.05, 0.1) is 28.1 Å². The van der Waals surface area contributed by atoms with Crippen LogP contribution in [-0.4, -0.2) is 28.0 Å². The van der Waals surface area contributed by atoms with Gasteiger partial charge in [-0.05, 0) is 42.5 Å². The summed E-state index contributed by atoms with van der Waals surface area (Å²) in [5.41, 5.74) is -2.72. The Labute approximate surface area is 229 Å². The predicted molar refractivity (Wildman–Crippen MR) is 131 cm³/mol. The molecule has 0 fully saturated rings. The van der Waals surface area contributed by atoms with E-state index in [4.69, 9.17) is 23.2 Å². The van der Waals surface area contributed by atoms with Crippen LogP contribution in [0.25, 0.3) is 10.9 Å². The Hall–Kier alpha value is -3.84. The zero-order chi connectivity index (χ0) is 29.1. The van der Waals surface area contributed by atoms with E-state index in [1.54, 1.807) is 0 Å². The maximum atomic E-state index is 14.1. The molecule has 0 aliphatic carbocycles. The molecule has 2 heterocycles. The third-order valence-corrected chi connectivity index (χ3v) is 6.76. The molecule has 1 unspecified atom stereocenters. The number of alkyl halides is 5. The smallest absolute Gasteiger partial charge is 0.341 e. The van der Waals surface area contributed by atoms with Crippen LogP contribution < -0.4 is 10.6 Å². The molecule has 6 nitrogen and oxygen atoms in total. The summed E-state index contributed by atoms with van der Waals surface area (Å²) in [5.74, 6) is -4.09. The third kappa shape index (κ3) is 4.94.